The van der Waals surface area contributed by atoms with Crippen LogP contribution in [0.1, 0.15) is 62.4 Å². The molecule has 25 heavy (non-hydrogen) atoms. The van der Waals surface area contributed by atoms with Crippen molar-refractivity contribution in [2.24, 2.45) is 0 Å². The molecule has 2 aromatic rings. The average Bonchev–Trinajstić information content (AvgIpc) is 2.62. The molecule has 134 valence electrons. The molecule has 1 N–H and O–H groups in total. The summed E-state index contributed by atoms with van der Waals surface area (Å²) in [6.07, 6.45) is 5.27. The second kappa shape index (κ2) is 9.16. The van der Waals surface area contributed by atoms with E-state index in [0.29, 0.717) is 17.4 Å². The molecular formula is C20H28N4O. The van der Waals surface area contributed by atoms with Crippen LogP contribution in [0.15, 0.2) is 36.7 Å². The van der Waals surface area contributed by atoms with E-state index in [0.717, 1.165) is 31.6 Å². The van der Waals surface area contributed by atoms with Crippen molar-refractivity contribution in [3.63, 3.8) is 0 Å². The third-order valence-electron chi connectivity index (χ3n) is 4.01. The average molecular weight is 340 g/mol. The molecule has 0 fully saturated rings. The Balaban J connectivity index is 2.04. The monoisotopic (exact) mass is 340 g/mol. The minimum atomic E-state index is -0.193. The summed E-state index contributed by atoms with van der Waals surface area (Å²) in [5, 5.41) is 2.89. The van der Waals surface area contributed by atoms with Crippen molar-refractivity contribution in [3.8, 4) is 0 Å². The van der Waals surface area contributed by atoms with Gasteiger partial charge in [0.15, 0.2) is 0 Å². The van der Waals surface area contributed by atoms with Gasteiger partial charge in [0.25, 0.3) is 5.91 Å². The van der Waals surface area contributed by atoms with Gasteiger partial charge in [-0.15, -0.1) is 0 Å². The smallest absolute Gasteiger partial charge is 0.258 e. The van der Waals surface area contributed by atoms with Crippen molar-refractivity contribution in [2.45, 2.75) is 46.5 Å². The SMILES string of the molecule is CCCN(CCC)c1ncc(C(=O)Nc2ccc(C(C)C)cc2)cn1. The second-order valence-corrected chi connectivity index (χ2v) is 6.49. The molecule has 1 heterocycles. The number of hydrogen-bond donors (Lipinski definition) is 1. The van der Waals surface area contributed by atoms with Crippen LogP contribution in [-0.4, -0.2) is 29.0 Å². The molecule has 2 rings (SSSR count). The van der Waals surface area contributed by atoms with E-state index in [-0.39, 0.29) is 5.91 Å². The summed E-state index contributed by atoms with van der Waals surface area (Å²) in [7, 11) is 0. The third kappa shape index (κ3) is 5.28. The van der Waals surface area contributed by atoms with E-state index >= 15 is 0 Å². The summed E-state index contributed by atoms with van der Waals surface area (Å²) in [6.45, 7) is 10.4. The maximum atomic E-state index is 12.4. The van der Waals surface area contributed by atoms with Crippen LogP contribution < -0.4 is 10.2 Å². The lowest BCUT2D eigenvalue weighted by atomic mass is 10.0. The van der Waals surface area contributed by atoms with E-state index in [2.05, 4.69) is 47.9 Å². The van der Waals surface area contributed by atoms with Gasteiger partial charge in [0.2, 0.25) is 5.95 Å². The van der Waals surface area contributed by atoms with Crippen LogP contribution in [-0.2, 0) is 0 Å². The Morgan fingerprint density at radius 3 is 2.08 bits per heavy atom. The Morgan fingerprint density at radius 1 is 1.04 bits per heavy atom. The van der Waals surface area contributed by atoms with Gasteiger partial charge in [-0.05, 0) is 36.5 Å². The number of aromatic nitrogens is 2. The van der Waals surface area contributed by atoms with Gasteiger partial charge in [-0.3, -0.25) is 4.79 Å². The fraction of sp³-hybridized carbons (Fsp3) is 0.450. The number of benzene rings is 1. The van der Waals surface area contributed by atoms with Gasteiger partial charge in [-0.1, -0.05) is 39.8 Å². The van der Waals surface area contributed by atoms with Crippen molar-refractivity contribution in [1.29, 1.82) is 0 Å². The molecule has 5 nitrogen and oxygen atoms in total. The third-order valence-corrected chi connectivity index (χ3v) is 4.01. The van der Waals surface area contributed by atoms with E-state index < -0.39 is 0 Å². The maximum Gasteiger partial charge on any atom is 0.258 e. The Hall–Kier alpha value is -2.43. The number of nitrogens with one attached hydrogen (secondary N) is 1. The minimum absolute atomic E-state index is 0.193. The van der Waals surface area contributed by atoms with Gasteiger partial charge in [0.1, 0.15) is 0 Å². The molecule has 0 bridgehead atoms. The Labute approximate surface area is 150 Å². The van der Waals surface area contributed by atoms with Crippen molar-refractivity contribution in [2.75, 3.05) is 23.3 Å². The molecule has 1 amide bonds. The first-order valence-electron chi connectivity index (χ1n) is 9.03. The number of hydrogen-bond acceptors (Lipinski definition) is 4. The molecular weight excluding hydrogens is 312 g/mol. The van der Waals surface area contributed by atoms with Gasteiger partial charge < -0.3 is 10.2 Å². The molecule has 0 aliphatic rings. The molecule has 0 atom stereocenters. The van der Waals surface area contributed by atoms with Gasteiger partial charge in [0, 0.05) is 31.2 Å². The van der Waals surface area contributed by atoms with E-state index in [4.69, 9.17) is 0 Å². The zero-order chi connectivity index (χ0) is 18.2. The number of carbonyl (C=O) groups is 1. The highest BCUT2D eigenvalue weighted by Gasteiger charge is 2.11. The highest BCUT2D eigenvalue weighted by molar-refractivity contribution is 6.03. The van der Waals surface area contributed by atoms with E-state index in [1.165, 1.54) is 5.56 Å². The topological polar surface area (TPSA) is 58.1 Å². The Kier molecular flexibility index (Phi) is 6.92. The molecule has 0 radical (unpaired) electrons. The van der Waals surface area contributed by atoms with Crippen LogP contribution in [0.3, 0.4) is 0 Å². The molecule has 0 saturated heterocycles. The molecule has 0 aliphatic carbocycles. The molecule has 5 heteroatoms. The molecule has 1 aromatic carbocycles. The molecule has 0 saturated carbocycles. The predicted molar refractivity (Wildman–Crippen MR) is 103 cm³/mol. The molecule has 0 unspecified atom stereocenters. The van der Waals surface area contributed by atoms with Crippen LogP contribution in [0.25, 0.3) is 0 Å². The van der Waals surface area contributed by atoms with Gasteiger partial charge in [0.05, 0.1) is 5.56 Å². The summed E-state index contributed by atoms with van der Waals surface area (Å²) in [4.78, 5) is 23.2. The standard InChI is InChI=1S/C20H28N4O/c1-5-11-24(12-6-2)20-21-13-17(14-22-20)19(25)23-18-9-7-16(8-10-18)15(3)4/h7-10,13-15H,5-6,11-12H2,1-4H3,(H,23,25). The van der Waals surface area contributed by atoms with Gasteiger partial charge >= 0.3 is 0 Å². The van der Waals surface area contributed by atoms with E-state index in [1.54, 1.807) is 12.4 Å². The van der Waals surface area contributed by atoms with E-state index in [1.807, 2.05) is 24.3 Å². The van der Waals surface area contributed by atoms with Crippen LogP contribution >= 0.6 is 0 Å². The minimum Gasteiger partial charge on any atom is -0.341 e. The number of nitrogens with zero attached hydrogens (tertiary/aromatic N) is 3. The quantitative estimate of drug-likeness (QED) is 0.770. The first kappa shape index (κ1) is 18.9. The van der Waals surface area contributed by atoms with Crippen molar-refractivity contribution < 1.29 is 4.79 Å². The highest BCUT2D eigenvalue weighted by Crippen LogP contribution is 2.18. The number of rotatable bonds is 8. The summed E-state index contributed by atoms with van der Waals surface area (Å²) < 4.78 is 0. The van der Waals surface area contributed by atoms with Crippen LogP contribution in [0.2, 0.25) is 0 Å². The van der Waals surface area contributed by atoms with Gasteiger partial charge in [-0.25, -0.2) is 9.97 Å². The second-order valence-electron chi connectivity index (χ2n) is 6.49. The largest absolute Gasteiger partial charge is 0.341 e. The zero-order valence-electron chi connectivity index (χ0n) is 15.6. The first-order chi connectivity index (χ1) is 12.0. The lowest BCUT2D eigenvalue weighted by molar-refractivity contribution is 0.102. The van der Waals surface area contributed by atoms with Gasteiger partial charge in [-0.2, -0.15) is 0 Å². The summed E-state index contributed by atoms with van der Waals surface area (Å²) in [6, 6.07) is 7.92. The number of carbonyl (C=O) groups excluding carboxylic acids is 1. The van der Waals surface area contributed by atoms with Crippen molar-refractivity contribution >= 4 is 17.5 Å². The maximum absolute atomic E-state index is 12.4. The lowest BCUT2D eigenvalue weighted by Gasteiger charge is -2.21. The number of anilines is 2. The predicted octanol–water partition coefficient (Wildman–Crippen LogP) is 4.48. The fourth-order valence-electron chi connectivity index (χ4n) is 2.61. The summed E-state index contributed by atoms with van der Waals surface area (Å²) in [5.74, 6) is 0.961. The molecule has 0 aliphatic heterocycles. The van der Waals surface area contributed by atoms with Crippen LogP contribution in [0.5, 0.6) is 0 Å². The summed E-state index contributed by atoms with van der Waals surface area (Å²) in [5.41, 5.74) is 2.49. The fourth-order valence-corrected chi connectivity index (χ4v) is 2.61. The number of amides is 1. The molecule has 1 aromatic heterocycles. The Morgan fingerprint density at radius 2 is 1.60 bits per heavy atom. The molecule has 0 spiro atoms. The van der Waals surface area contributed by atoms with Crippen molar-refractivity contribution in [1.82, 2.24) is 9.97 Å². The summed E-state index contributed by atoms with van der Waals surface area (Å²) >= 11 is 0. The van der Waals surface area contributed by atoms with Crippen LogP contribution in [0.4, 0.5) is 11.6 Å². The van der Waals surface area contributed by atoms with Crippen LogP contribution in [0, 0.1) is 0 Å². The zero-order valence-corrected chi connectivity index (χ0v) is 15.6. The first-order valence-corrected chi connectivity index (χ1v) is 9.03. The lowest BCUT2D eigenvalue weighted by Crippen LogP contribution is -2.27. The Bertz CT molecular complexity index is 659. The van der Waals surface area contributed by atoms with Crippen molar-refractivity contribution in [3.05, 3.63) is 47.8 Å². The highest BCUT2D eigenvalue weighted by atomic mass is 16.1. The normalized spacial score (nSPS) is 10.8. The van der Waals surface area contributed by atoms with E-state index in [9.17, 15) is 4.79 Å².